The topological polar surface area (TPSA) is 84.5 Å². The van der Waals surface area contributed by atoms with Crippen LogP contribution in [0.4, 0.5) is 0 Å². The monoisotopic (exact) mass is 216 g/mol. The zero-order valence-electron chi connectivity index (χ0n) is 8.96. The molecule has 6 heteroatoms. The predicted molar refractivity (Wildman–Crippen MR) is 52.9 cm³/mol. The van der Waals surface area contributed by atoms with E-state index in [1.807, 2.05) is 0 Å². The number of esters is 1. The summed E-state index contributed by atoms with van der Waals surface area (Å²) in [6, 6.07) is 0. The van der Waals surface area contributed by atoms with Crippen LogP contribution in [0.1, 0.15) is 20.3 Å². The molecule has 0 fully saturated rings. The zero-order chi connectivity index (χ0) is 11.7. The van der Waals surface area contributed by atoms with Gasteiger partial charge in [0.1, 0.15) is 6.54 Å². The summed E-state index contributed by atoms with van der Waals surface area (Å²) in [7, 11) is 0. The van der Waals surface area contributed by atoms with Crippen LogP contribution in [0.25, 0.3) is 0 Å². The van der Waals surface area contributed by atoms with Gasteiger partial charge in [-0.1, -0.05) is 0 Å². The van der Waals surface area contributed by atoms with E-state index in [4.69, 9.17) is 0 Å². The second kappa shape index (κ2) is 7.78. The smallest absolute Gasteiger partial charge is 0.325 e. The van der Waals surface area contributed by atoms with Gasteiger partial charge in [0.25, 0.3) is 0 Å². The number of carbonyl (C=O) groups is 3. The first kappa shape index (κ1) is 13.4. The van der Waals surface area contributed by atoms with Gasteiger partial charge in [-0.3, -0.25) is 14.4 Å². The molecule has 0 aromatic heterocycles. The lowest BCUT2D eigenvalue weighted by molar-refractivity contribution is -0.143. The summed E-state index contributed by atoms with van der Waals surface area (Å²) in [6.07, 6.45) is 0.152. The summed E-state index contributed by atoms with van der Waals surface area (Å²) in [5, 5.41) is 4.85. The quantitative estimate of drug-likeness (QED) is 0.569. The van der Waals surface area contributed by atoms with Crippen molar-refractivity contribution < 1.29 is 19.1 Å². The second-order valence-corrected chi connectivity index (χ2v) is 2.81. The molecule has 15 heavy (non-hydrogen) atoms. The normalized spacial score (nSPS) is 9.20. The van der Waals surface area contributed by atoms with E-state index in [2.05, 4.69) is 15.4 Å². The van der Waals surface area contributed by atoms with Crippen molar-refractivity contribution in [1.29, 1.82) is 0 Å². The van der Waals surface area contributed by atoms with Crippen molar-refractivity contribution in [3.8, 4) is 0 Å². The predicted octanol–water partition coefficient (Wildman–Crippen LogP) is -0.808. The molecule has 0 aromatic rings. The molecule has 0 saturated carbocycles. The molecule has 0 spiro atoms. The van der Waals surface area contributed by atoms with Gasteiger partial charge in [0.2, 0.25) is 11.8 Å². The molecular formula is C9H16N2O4. The maximum atomic E-state index is 11.1. The molecule has 2 amide bonds. The molecule has 0 atom stereocenters. The number of hydrogen-bond acceptors (Lipinski definition) is 4. The van der Waals surface area contributed by atoms with E-state index in [0.29, 0.717) is 6.61 Å². The van der Waals surface area contributed by atoms with Gasteiger partial charge in [-0.2, -0.15) is 0 Å². The fourth-order valence-electron chi connectivity index (χ4n) is 0.823. The fourth-order valence-corrected chi connectivity index (χ4v) is 0.823. The van der Waals surface area contributed by atoms with Gasteiger partial charge in [-0.05, 0) is 6.92 Å². The van der Waals surface area contributed by atoms with E-state index >= 15 is 0 Å². The van der Waals surface area contributed by atoms with Gasteiger partial charge >= 0.3 is 5.97 Å². The Labute approximate surface area is 88.4 Å². The molecule has 0 unspecified atom stereocenters. The highest BCUT2D eigenvalue weighted by molar-refractivity contribution is 5.82. The number of nitrogens with one attached hydrogen (secondary N) is 2. The molecule has 86 valence electrons. The Morgan fingerprint density at radius 1 is 1.20 bits per heavy atom. The van der Waals surface area contributed by atoms with Gasteiger partial charge in [0, 0.05) is 19.9 Å². The standard InChI is InChI=1S/C9H16N2O4/c1-3-15-9(14)6-11-8(13)4-5-10-7(2)12/h3-6H2,1-2H3,(H,10,12)(H,11,13). The van der Waals surface area contributed by atoms with Crippen molar-refractivity contribution >= 4 is 17.8 Å². The lowest BCUT2D eigenvalue weighted by Crippen LogP contribution is -2.33. The van der Waals surface area contributed by atoms with Crippen molar-refractivity contribution in [3.05, 3.63) is 0 Å². The number of amides is 2. The van der Waals surface area contributed by atoms with Crippen LogP contribution in [0.3, 0.4) is 0 Å². The summed E-state index contributed by atoms with van der Waals surface area (Å²) in [4.78, 5) is 32.3. The Morgan fingerprint density at radius 2 is 1.87 bits per heavy atom. The number of carbonyl (C=O) groups excluding carboxylic acids is 3. The summed E-state index contributed by atoms with van der Waals surface area (Å²) < 4.78 is 4.61. The first-order valence-electron chi connectivity index (χ1n) is 4.73. The van der Waals surface area contributed by atoms with Crippen LogP contribution < -0.4 is 10.6 Å². The highest BCUT2D eigenvalue weighted by Gasteiger charge is 2.05. The van der Waals surface area contributed by atoms with Crippen LogP contribution in [0.5, 0.6) is 0 Å². The highest BCUT2D eigenvalue weighted by atomic mass is 16.5. The van der Waals surface area contributed by atoms with Crippen molar-refractivity contribution in [2.45, 2.75) is 20.3 Å². The Morgan fingerprint density at radius 3 is 2.40 bits per heavy atom. The molecule has 0 aliphatic rings. The molecule has 0 aliphatic heterocycles. The van der Waals surface area contributed by atoms with Crippen molar-refractivity contribution in [3.63, 3.8) is 0 Å². The Bertz CT molecular complexity index is 240. The van der Waals surface area contributed by atoms with Crippen LogP contribution in [0, 0.1) is 0 Å². The Hall–Kier alpha value is -1.59. The van der Waals surface area contributed by atoms with E-state index in [-0.39, 0.29) is 31.3 Å². The minimum Gasteiger partial charge on any atom is -0.465 e. The summed E-state index contributed by atoms with van der Waals surface area (Å²) >= 11 is 0. The summed E-state index contributed by atoms with van der Waals surface area (Å²) in [5.74, 6) is -0.949. The molecule has 0 rings (SSSR count). The molecular weight excluding hydrogens is 200 g/mol. The molecule has 6 nitrogen and oxygen atoms in total. The number of hydrogen-bond donors (Lipinski definition) is 2. The van der Waals surface area contributed by atoms with Gasteiger partial charge in [0.05, 0.1) is 6.61 Å². The van der Waals surface area contributed by atoms with Crippen LogP contribution in [-0.2, 0) is 19.1 Å². The number of rotatable bonds is 6. The first-order chi connectivity index (χ1) is 7.06. The second-order valence-electron chi connectivity index (χ2n) is 2.81. The number of ether oxygens (including phenoxy) is 1. The van der Waals surface area contributed by atoms with Gasteiger partial charge in [-0.15, -0.1) is 0 Å². The maximum Gasteiger partial charge on any atom is 0.325 e. The maximum absolute atomic E-state index is 11.1. The van der Waals surface area contributed by atoms with E-state index < -0.39 is 5.97 Å². The molecule has 0 aliphatic carbocycles. The van der Waals surface area contributed by atoms with E-state index in [1.165, 1.54) is 6.92 Å². The van der Waals surface area contributed by atoms with Crippen molar-refractivity contribution in [1.82, 2.24) is 10.6 Å². The molecule has 0 bridgehead atoms. The molecule has 0 heterocycles. The van der Waals surface area contributed by atoms with Crippen LogP contribution in [0.2, 0.25) is 0 Å². The average Bonchev–Trinajstić information content (AvgIpc) is 2.14. The average molecular weight is 216 g/mol. The summed E-state index contributed by atoms with van der Waals surface area (Å²) in [6.45, 7) is 3.49. The molecule has 0 aromatic carbocycles. The summed E-state index contributed by atoms with van der Waals surface area (Å²) in [5.41, 5.74) is 0. The lowest BCUT2D eigenvalue weighted by Gasteiger charge is -2.04. The zero-order valence-corrected chi connectivity index (χ0v) is 8.96. The minimum atomic E-state index is -0.467. The van der Waals surface area contributed by atoms with Gasteiger partial charge in [0.15, 0.2) is 0 Å². The van der Waals surface area contributed by atoms with Crippen LogP contribution in [-0.4, -0.2) is 37.5 Å². The third-order valence-corrected chi connectivity index (χ3v) is 1.46. The third-order valence-electron chi connectivity index (χ3n) is 1.46. The van der Waals surface area contributed by atoms with E-state index in [1.54, 1.807) is 6.92 Å². The Balaban J connectivity index is 3.49. The van der Waals surface area contributed by atoms with Crippen LogP contribution in [0.15, 0.2) is 0 Å². The largest absolute Gasteiger partial charge is 0.465 e. The third kappa shape index (κ3) is 8.73. The first-order valence-corrected chi connectivity index (χ1v) is 4.73. The fraction of sp³-hybridized carbons (Fsp3) is 0.667. The lowest BCUT2D eigenvalue weighted by atomic mass is 10.4. The van der Waals surface area contributed by atoms with Crippen LogP contribution >= 0.6 is 0 Å². The Kier molecular flexibility index (Phi) is 6.96. The highest BCUT2D eigenvalue weighted by Crippen LogP contribution is 1.80. The molecule has 0 radical (unpaired) electrons. The van der Waals surface area contributed by atoms with E-state index in [0.717, 1.165) is 0 Å². The van der Waals surface area contributed by atoms with E-state index in [9.17, 15) is 14.4 Å². The van der Waals surface area contributed by atoms with Gasteiger partial charge < -0.3 is 15.4 Å². The molecule has 0 saturated heterocycles. The van der Waals surface area contributed by atoms with Crippen molar-refractivity contribution in [2.24, 2.45) is 0 Å². The van der Waals surface area contributed by atoms with Gasteiger partial charge in [-0.25, -0.2) is 0 Å². The molecule has 2 N–H and O–H groups in total. The SMILES string of the molecule is CCOC(=O)CNC(=O)CCNC(C)=O. The minimum absolute atomic E-state index is 0.132. The van der Waals surface area contributed by atoms with Crippen molar-refractivity contribution in [2.75, 3.05) is 19.7 Å².